The summed E-state index contributed by atoms with van der Waals surface area (Å²) in [5, 5.41) is 6.97. The lowest BCUT2D eigenvalue weighted by Crippen LogP contribution is -2.33. The van der Waals surface area contributed by atoms with Crippen LogP contribution in [0.1, 0.15) is 30.5 Å². The zero-order chi connectivity index (χ0) is 17.8. The van der Waals surface area contributed by atoms with E-state index in [2.05, 4.69) is 15.2 Å². The van der Waals surface area contributed by atoms with Gasteiger partial charge in [-0.25, -0.2) is 9.37 Å². The molecule has 0 aliphatic carbocycles. The number of hydrogen-bond acceptors (Lipinski definition) is 5. The number of para-hydroxylation sites is 1. The molecule has 0 spiro atoms. The summed E-state index contributed by atoms with van der Waals surface area (Å²) in [5.74, 6) is 0.896. The minimum atomic E-state index is -0.440. The molecule has 1 N–H and O–H groups in total. The Kier molecular flexibility index (Phi) is 5.28. The monoisotopic (exact) mass is 348 g/mol. The average Bonchev–Trinajstić information content (AvgIpc) is 3.22. The average molecular weight is 348 g/mol. The molecule has 1 aromatic carbocycles. The minimum Gasteiger partial charge on any atom is -0.490 e. The van der Waals surface area contributed by atoms with Gasteiger partial charge >= 0.3 is 0 Å². The van der Waals surface area contributed by atoms with Crippen molar-refractivity contribution in [3.05, 3.63) is 41.7 Å². The van der Waals surface area contributed by atoms with Gasteiger partial charge in [0.2, 0.25) is 5.91 Å². The molecular formula is C17H21FN4O3. The Morgan fingerprint density at radius 1 is 1.44 bits per heavy atom. The van der Waals surface area contributed by atoms with E-state index in [0.29, 0.717) is 24.6 Å². The van der Waals surface area contributed by atoms with Crippen LogP contribution in [-0.4, -0.2) is 52.4 Å². The number of nitrogens with one attached hydrogen (secondary N) is 1. The van der Waals surface area contributed by atoms with Gasteiger partial charge in [0.25, 0.3) is 0 Å². The molecule has 3 rings (SSSR count). The van der Waals surface area contributed by atoms with Crippen LogP contribution in [0, 0.1) is 12.7 Å². The lowest BCUT2D eigenvalue weighted by molar-refractivity contribution is -0.133. The maximum atomic E-state index is 13.5. The number of ether oxygens (including phenoxy) is 2. The minimum absolute atomic E-state index is 0.0553. The van der Waals surface area contributed by atoms with Gasteiger partial charge in [-0.15, -0.1) is 0 Å². The van der Waals surface area contributed by atoms with Gasteiger partial charge < -0.3 is 14.4 Å². The van der Waals surface area contributed by atoms with Crippen LogP contribution in [0.5, 0.6) is 5.75 Å². The number of H-pyrrole nitrogens is 1. The molecular weight excluding hydrogens is 327 g/mol. The van der Waals surface area contributed by atoms with Crippen LogP contribution < -0.4 is 4.74 Å². The van der Waals surface area contributed by atoms with Crippen molar-refractivity contribution in [1.82, 2.24) is 20.1 Å². The number of aromatic amines is 1. The molecule has 7 nitrogen and oxygen atoms in total. The lowest BCUT2D eigenvalue weighted by atomic mass is 10.2. The lowest BCUT2D eigenvalue weighted by Gasteiger charge is -2.22. The summed E-state index contributed by atoms with van der Waals surface area (Å²) >= 11 is 0. The first-order chi connectivity index (χ1) is 12.1. The molecule has 1 aliphatic rings. The van der Waals surface area contributed by atoms with Crippen LogP contribution in [0.15, 0.2) is 24.3 Å². The van der Waals surface area contributed by atoms with Crippen molar-refractivity contribution in [3.63, 3.8) is 0 Å². The Bertz CT molecular complexity index is 736. The van der Waals surface area contributed by atoms with Gasteiger partial charge in [-0.1, -0.05) is 12.1 Å². The number of carbonyl (C=O) groups excluding carboxylic acids is 1. The van der Waals surface area contributed by atoms with E-state index in [1.165, 1.54) is 12.1 Å². The predicted octanol–water partition coefficient (Wildman–Crippen LogP) is 2.01. The summed E-state index contributed by atoms with van der Waals surface area (Å²) in [6, 6.07) is 5.91. The van der Waals surface area contributed by atoms with Crippen molar-refractivity contribution in [2.24, 2.45) is 0 Å². The smallest absolute Gasteiger partial charge is 0.226 e. The van der Waals surface area contributed by atoms with E-state index in [1.807, 2.05) is 6.92 Å². The number of carbonyl (C=O) groups is 1. The maximum Gasteiger partial charge on any atom is 0.226 e. The number of methoxy groups -OCH3 is 1. The molecule has 2 heterocycles. The van der Waals surface area contributed by atoms with Gasteiger partial charge in [-0.2, -0.15) is 5.10 Å². The zero-order valence-corrected chi connectivity index (χ0v) is 14.2. The van der Waals surface area contributed by atoms with Crippen molar-refractivity contribution in [2.75, 3.05) is 20.3 Å². The van der Waals surface area contributed by atoms with Crippen molar-refractivity contribution in [2.45, 2.75) is 31.9 Å². The summed E-state index contributed by atoms with van der Waals surface area (Å²) < 4.78 is 24.3. The summed E-state index contributed by atoms with van der Waals surface area (Å²) in [6.07, 6.45) is 0.735. The Balaban J connectivity index is 1.62. The van der Waals surface area contributed by atoms with Crippen molar-refractivity contribution in [3.8, 4) is 5.75 Å². The summed E-state index contributed by atoms with van der Waals surface area (Å²) in [4.78, 5) is 18.6. The topological polar surface area (TPSA) is 80.3 Å². The third-order valence-corrected chi connectivity index (χ3v) is 4.24. The standard InChI is InChI=1S/C17H21FN4O3/c1-11-19-17(21-20-11)14-9-12(24-2)10-22(14)16(23)7-8-25-15-6-4-3-5-13(15)18/h3-6,12,14H,7-10H2,1-2H3,(H,19,20,21)/t12-,14+/m1/s1. The van der Waals surface area contributed by atoms with Crippen LogP contribution >= 0.6 is 0 Å². The van der Waals surface area contributed by atoms with Crippen LogP contribution in [0.3, 0.4) is 0 Å². The van der Waals surface area contributed by atoms with Crippen molar-refractivity contribution < 1.29 is 18.7 Å². The highest BCUT2D eigenvalue weighted by atomic mass is 19.1. The number of hydrogen-bond donors (Lipinski definition) is 1. The van der Waals surface area contributed by atoms with Crippen molar-refractivity contribution >= 4 is 5.91 Å². The number of halogens is 1. The van der Waals surface area contributed by atoms with E-state index in [4.69, 9.17) is 9.47 Å². The second kappa shape index (κ2) is 7.60. The van der Waals surface area contributed by atoms with Gasteiger partial charge in [-0.05, 0) is 19.1 Å². The zero-order valence-electron chi connectivity index (χ0n) is 14.2. The van der Waals surface area contributed by atoms with Crippen LogP contribution in [0.25, 0.3) is 0 Å². The summed E-state index contributed by atoms with van der Waals surface area (Å²) in [7, 11) is 1.63. The molecule has 2 aromatic rings. The maximum absolute atomic E-state index is 13.5. The molecule has 0 unspecified atom stereocenters. The molecule has 1 aliphatic heterocycles. The number of likely N-dealkylation sites (tertiary alicyclic amines) is 1. The summed E-state index contributed by atoms with van der Waals surface area (Å²) in [6.45, 7) is 2.40. The first-order valence-corrected chi connectivity index (χ1v) is 8.17. The molecule has 2 atom stereocenters. The number of nitrogens with zero attached hydrogens (tertiary/aromatic N) is 3. The first kappa shape index (κ1) is 17.3. The molecule has 25 heavy (non-hydrogen) atoms. The fraction of sp³-hybridized carbons (Fsp3) is 0.471. The SMILES string of the molecule is CO[C@@H]1C[C@@H](c2n[nH]c(C)n2)N(C(=O)CCOc2ccccc2F)C1. The van der Waals surface area contributed by atoms with Crippen LogP contribution in [0.2, 0.25) is 0 Å². The largest absolute Gasteiger partial charge is 0.490 e. The fourth-order valence-corrected chi connectivity index (χ4v) is 2.95. The van der Waals surface area contributed by atoms with E-state index in [-0.39, 0.29) is 36.8 Å². The van der Waals surface area contributed by atoms with E-state index in [1.54, 1.807) is 24.1 Å². The fourth-order valence-electron chi connectivity index (χ4n) is 2.95. The highest BCUT2D eigenvalue weighted by Crippen LogP contribution is 2.32. The second-order valence-corrected chi connectivity index (χ2v) is 5.96. The quantitative estimate of drug-likeness (QED) is 0.864. The predicted molar refractivity (Wildman–Crippen MR) is 87.5 cm³/mol. The first-order valence-electron chi connectivity index (χ1n) is 8.17. The highest BCUT2D eigenvalue weighted by Gasteiger charge is 2.38. The van der Waals surface area contributed by atoms with Gasteiger partial charge in [0.1, 0.15) is 5.82 Å². The number of aromatic nitrogens is 3. The molecule has 1 aromatic heterocycles. The molecule has 1 saturated heterocycles. The molecule has 134 valence electrons. The highest BCUT2D eigenvalue weighted by molar-refractivity contribution is 5.77. The van der Waals surface area contributed by atoms with Gasteiger partial charge in [0, 0.05) is 20.1 Å². The number of amides is 1. The van der Waals surface area contributed by atoms with E-state index < -0.39 is 5.82 Å². The van der Waals surface area contributed by atoms with E-state index >= 15 is 0 Å². The normalized spacial score (nSPS) is 20.0. The molecule has 8 heteroatoms. The van der Waals surface area contributed by atoms with Crippen LogP contribution in [0.4, 0.5) is 4.39 Å². The molecule has 1 fully saturated rings. The van der Waals surface area contributed by atoms with E-state index in [0.717, 1.165) is 0 Å². The van der Waals surface area contributed by atoms with Crippen LogP contribution in [-0.2, 0) is 9.53 Å². The molecule has 0 radical (unpaired) electrons. The summed E-state index contributed by atoms with van der Waals surface area (Å²) in [5.41, 5.74) is 0. The molecule has 0 saturated carbocycles. The van der Waals surface area contributed by atoms with E-state index in [9.17, 15) is 9.18 Å². The van der Waals surface area contributed by atoms with Crippen molar-refractivity contribution in [1.29, 1.82) is 0 Å². The Morgan fingerprint density at radius 3 is 2.92 bits per heavy atom. The Morgan fingerprint density at radius 2 is 2.24 bits per heavy atom. The third-order valence-electron chi connectivity index (χ3n) is 4.24. The number of aryl methyl sites for hydroxylation is 1. The van der Waals surface area contributed by atoms with Gasteiger partial charge in [-0.3, -0.25) is 9.89 Å². The Hall–Kier alpha value is -2.48. The second-order valence-electron chi connectivity index (χ2n) is 5.96. The van der Waals surface area contributed by atoms with Gasteiger partial charge in [0.05, 0.1) is 25.2 Å². The molecule has 0 bridgehead atoms. The number of rotatable bonds is 6. The van der Waals surface area contributed by atoms with Gasteiger partial charge in [0.15, 0.2) is 17.4 Å². The third kappa shape index (κ3) is 3.96. The number of benzene rings is 1. The Labute approximate surface area is 145 Å². The molecule has 1 amide bonds.